The summed E-state index contributed by atoms with van der Waals surface area (Å²) in [6.07, 6.45) is 3.95. The van der Waals surface area contributed by atoms with E-state index in [0.29, 0.717) is 11.6 Å². The molecule has 0 saturated carbocycles. The first-order chi connectivity index (χ1) is 12.3. The fourth-order valence-corrected chi connectivity index (χ4v) is 3.34. The molecule has 1 aliphatic rings. The van der Waals surface area contributed by atoms with E-state index >= 15 is 0 Å². The van der Waals surface area contributed by atoms with E-state index in [2.05, 4.69) is 48.1 Å². The number of anilines is 1. The van der Waals surface area contributed by atoms with Gasteiger partial charge in [-0.15, -0.1) is 0 Å². The van der Waals surface area contributed by atoms with Gasteiger partial charge in [-0.2, -0.15) is 5.10 Å². The first-order valence-electron chi connectivity index (χ1n) is 9.24. The van der Waals surface area contributed by atoms with Crippen LogP contribution in [0.4, 0.5) is 5.82 Å². The quantitative estimate of drug-likeness (QED) is 0.918. The van der Waals surface area contributed by atoms with Crippen LogP contribution in [-0.4, -0.2) is 53.2 Å². The Balaban J connectivity index is 1.75. The lowest BCUT2D eigenvalue weighted by Gasteiger charge is -2.33. The number of rotatable bonds is 3. The molecule has 0 radical (unpaired) electrons. The fraction of sp³-hybridized carbons (Fsp3) is 0.550. The van der Waals surface area contributed by atoms with Crippen LogP contribution >= 0.6 is 0 Å². The van der Waals surface area contributed by atoms with Crippen LogP contribution in [0.15, 0.2) is 24.4 Å². The van der Waals surface area contributed by atoms with E-state index in [1.54, 1.807) is 0 Å². The zero-order valence-corrected chi connectivity index (χ0v) is 16.4. The van der Waals surface area contributed by atoms with Gasteiger partial charge in [-0.05, 0) is 36.6 Å². The third-order valence-corrected chi connectivity index (χ3v) is 5.01. The zero-order chi connectivity index (χ0) is 18.9. The van der Waals surface area contributed by atoms with Gasteiger partial charge in [-0.25, -0.2) is 4.98 Å². The highest BCUT2D eigenvalue weighted by atomic mass is 16.2. The second-order valence-electron chi connectivity index (χ2n) is 8.35. The van der Waals surface area contributed by atoms with Crippen LogP contribution in [0.3, 0.4) is 0 Å². The van der Waals surface area contributed by atoms with Crippen LogP contribution < -0.4 is 4.90 Å². The van der Waals surface area contributed by atoms with Gasteiger partial charge >= 0.3 is 0 Å². The summed E-state index contributed by atoms with van der Waals surface area (Å²) < 4.78 is 0. The summed E-state index contributed by atoms with van der Waals surface area (Å²) in [5.41, 5.74) is 2.70. The Bertz CT molecular complexity index is 775. The standard InChI is InChI=1S/C20H29N5O/c1-20(2,3)17-12-16(22-23-17)19(26)25-10-6-7-15(13-25)14-8-9-21-18(11-14)24(4)5/h8-9,11-12,15H,6-7,10,13H2,1-5H3,(H,22,23)/t15-/m0/s1. The van der Waals surface area contributed by atoms with Gasteiger partial charge in [0.2, 0.25) is 0 Å². The number of nitrogens with one attached hydrogen (secondary N) is 1. The Hall–Kier alpha value is -2.37. The van der Waals surface area contributed by atoms with Crippen LogP contribution in [-0.2, 0) is 5.41 Å². The first kappa shape index (κ1) is 18.4. The highest BCUT2D eigenvalue weighted by Gasteiger charge is 2.28. The highest BCUT2D eigenvalue weighted by Crippen LogP contribution is 2.29. The number of hydrogen-bond donors (Lipinski definition) is 1. The lowest BCUT2D eigenvalue weighted by Crippen LogP contribution is -2.39. The molecule has 1 amide bonds. The predicted molar refractivity (Wildman–Crippen MR) is 104 cm³/mol. The smallest absolute Gasteiger partial charge is 0.274 e. The molecule has 6 heteroatoms. The van der Waals surface area contributed by atoms with Gasteiger partial charge in [0.15, 0.2) is 0 Å². The van der Waals surface area contributed by atoms with Gasteiger partial charge < -0.3 is 9.80 Å². The number of aromatic amines is 1. The number of likely N-dealkylation sites (tertiary alicyclic amines) is 1. The van der Waals surface area contributed by atoms with Crippen molar-refractivity contribution in [2.45, 2.75) is 44.9 Å². The highest BCUT2D eigenvalue weighted by molar-refractivity contribution is 5.92. The molecule has 2 aromatic rings. The van der Waals surface area contributed by atoms with E-state index < -0.39 is 0 Å². The van der Waals surface area contributed by atoms with Crippen molar-refractivity contribution in [3.05, 3.63) is 41.3 Å². The van der Waals surface area contributed by atoms with Crippen molar-refractivity contribution in [3.63, 3.8) is 0 Å². The number of pyridine rings is 1. The van der Waals surface area contributed by atoms with Crippen LogP contribution in [0.2, 0.25) is 0 Å². The van der Waals surface area contributed by atoms with Gasteiger partial charge in [0.25, 0.3) is 5.91 Å². The monoisotopic (exact) mass is 355 g/mol. The number of H-pyrrole nitrogens is 1. The summed E-state index contributed by atoms with van der Waals surface area (Å²) in [6.45, 7) is 7.85. The van der Waals surface area contributed by atoms with E-state index in [9.17, 15) is 4.79 Å². The molecular weight excluding hydrogens is 326 g/mol. The minimum absolute atomic E-state index is 0.0170. The van der Waals surface area contributed by atoms with Crippen LogP contribution in [0.5, 0.6) is 0 Å². The number of amides is 1. The lowest BCUT2D eigenvalue weighted by molar-refractivity contribution is 0.0701. The molecule has 1 aliphatic heterocycles. The molecule has 1 atom stereocenters. The summed E-state index contributed by atoms with van der Waals surface area (Å²) >= 11 is 0. The largest absolute Gasteiger partial charge is 0.363 e. The molecule has 3 heterocycles. The summed E-state index contributed by atoms with van der Waals surface area (Å²) in [5, 5.41) is 7.28. The molecule has 1 N–H and O–H groups in total. The average molecular weight is 355 g/mol. The van der Waals surface area contributed by atoms with E-state index in [1.165, 1.54) is 5.56 Å². The van der Waals surface area contributed by atoms with E-state index in [4.69, 9.17) is 0 Å². The molecule has 0 aromatic carbocycles. The fourth-order valence-electron chi connectivity index (χ4n) is 3.34. The Morgan fingerprint density at radius 2 is 2.08 bits per heavy atom. The number of aromatic nitrogens is 3. The molecule has 0 aliphatic carbocycles. The summed E-state index contributed by atoms with van der Waals surface area (Å²) in [7, 11) is 3.99. The molecular formula is C20H29N5O. The minimum Gasteiger partial charge on any atom is -0.363 e. The molecule has 0 unspecified atom stereocenters. The molecule has 26 heavy (non-hydrogen) atoms. The molecule has 140 valence electrons. The van der Waals surface area contributed by atoms with E-state index in [-0.39, 0.29) is 11.3 Å². The van der Waals surface area contributed by atoms with Gasteiger partial charge in [-0.1, -0.05) is 20.8 Å². The molecule has 1 fully saturated rings. The van der Waals surface area contributed by atoms with Crippen molar-refractivity contribution in [3.8, 4) is 0 Å². The topological polar surface area (TPSA) is 65.1 Å². The zero-order valence-electron chi connectivity index (χ0n) is 16.4. The van der Waals surface area contributed by atoms with Gasteiger partial charge in [0, 0.05) is 50.4 Å². The third kappa shape index (κ3) is 3.89. The van der Waals surface area contributed by atoms with Crippen LogP contribution in [0.1, 0.15) is 61.3 Å². The van der Waals surface area contributed by atoms with E-state index in [1.807, 2.05) is 36.2 Å². The van der Waals surface area contributed by atoms with Gasteiger partial charge in [0.1, 0.15) is 11.5 Å². The van der Waals surface area contributed by atoms with Gasteiger partial charge in [0.05, 0.1) is 0 Å². The maximum absolute atomic E-state index is 12.9. The SMILES string of the molecule is CN(C)c1cc([C@H]2CCCN(C(=O)c3cc(C(C)(C)C)[nH]n3)C2)ccn1. The second-order valence-corrected chi connectivity index (χ2v) is 8.35. The summed E-state index contributed by atoms with van der Waals surface area (Å²) in [5.74, 6) is 1.31. The maximum Gasteiger partial charge on any atom is 0.274 e. The van der Waals surface area contributed by atoms with Crippen molar-refractivity contribution in [1.29, 1.82) is 0 Å². The van der Waals surface area contributed by atoms with Crippen molar-refractivity contribution in [2.24, 2.45) is 0 Å². The Morgan fingerprint density at radius 1 is 1.31 bits per heavy atom. The summed E-state index contributed by atoms with van der Waals surface area (Å²) in [6, 6.07) is 6.09. The van der Waals surface area contributed by atoms with Crippen molar-refractivity contribution in [2.75, 3.05) is 32.1 Å². The minimum atomic E-state index is -0.0460. The number of hydrogen-bond acceptors (Lipinski definition) is 4. The number of nitrogens with zero attached hydrogens (tertiary/aromatic N) is 4. The van der Waals surface area contributed by atoms with Crippen molar-refractivity contribution < 1.29 is 4.79 Å². The molecule has 0 spiro atoms. The normalized spacial score (nSPS) is 18.0. The third-order valence-electron chi connectivity index (χ3n) is 5.01. The second kappa shape index (κ2) is 7.09. The van der Waals surface area contributed by atoms with Crippen LogP contribution in [0, 0.1) is 0 Å². The van der Waals surface area contributed by atoms with E-state index in [0.717, 1.165) is 37.4 Å². The molecule has 3 rings (SSSR count). The Labute approximate surface area is 155 Å². The molecule has 6 nitrogen and oxygen atoms in total. The van der Waals surface area contributed by atoms with Crippen LogP contribution in [0.25, 0.3) is 0 Å². The Morgan fingerprint density at radius 3 is 2.73 bits per heavy atom. The Kier molecular flexibility index (Phi) is 5.03. The first-order valence-corrected chi connectivity index (χ1v) is 9.24. The number of piperidine rings is 1. The predicted octanol–water partition coefficient (Wildman–Crippen LogP) is 3.19. The van der Waals surface area contributed by atoms with Crippen molar-refractivity contribution >= 4 is 11.7 Å². The van der Waals surface area contributed by atoms with Crippen molar-refractivity contribution in [1.82, 2.24) is 20.1 Å². The number of carbonyl (C=O) groups is 1. The maximum atomic E-state index is 12.9. The molecule has 1 saturated heterocycles. The van der Waals surface area contributed by atoms with Gasteiger partial charge in [-0.3, -0.25) is 9.89 Å². The molecule has 2 aromatic heterocycles. The number of carbonyl (C=O) groups excluding carboxylic acids is 1. The molecule has 0 bridgehead atoms. The average Bonchev–Trinajstić information content (AvgIpc) is 3.12. The lowest BCUT2D eigenvalue weighted by atomic mass is 9.90. The summed E-state index contributed by atoms with van der Waals surface area (Å²) in [4.78, 5) is 21.3.